The van der Waals surface area contributed by atoms with Gasteiger partial charge >= 0.3 is 6.03 Å². The zero-order valence-electron chi connectivity index (χ0n) is 13.6. The molecule has 0 bridgehead atoms. The molecule has 1 heterocycles. The van der Waals surface area contributed by atoms with Gasteiger partial charge in [-0.15, -0.1) is 11.8 Å². The van der Waals surface area contributed by atoms with Gasteiger partial charge in [-0.3, -0.25) is 4.98 Å². The molecule has 2 N–H and O–H groups in total. The lowest BCUT2D eigenvalue weighted by atomic mass is 10.1. The largest absolute Gasteiger partial charge is 0.338 e. The van der Waals surface area contributed by atoms with Crippen molar-refractivity contribution in [1.29, 1.82) is 0 Å². The molecule has 0 saturated heterocycles. The number of urea groups is 1. The fraction of sp³-hybridized carbons (Fsp3) is 0.333. The van der Waals surface area contributed by atoms with E-state index in [1.165, 1.54) is 4.90 Å². The number of pyridine rings is 1. The molecule has 0 aliphatic heterocycles. The number of rotatable bonds is 7. The highest BCUT2D eigenvalue weighted by Gasteiger charge is 2.09. The fourth-order valence-corrected chi connectivity index (χ4v) is 2.86. The number of carbonyl (C=O) groups is 1. The normalized spacial score (nSPS) is 11.7. The minimum Gasteiger partial charge on any atom is -0.338 e. The van der Waals surface area contributed by atoms with E-state index in [2.05, 4.69) is 46.8 Å². The van der Waals surface area contributed by atoms with E-state index in [-0.39, 0.29) is 12.1 Å². The summed E-state index contributed by atoms with van der Waals surface area (Å²) in [5, 5.41) is 5.83. The maximum Gasteiger partial charge on any atom is 0.315 e. The minimum atomic E-state index is -0.152. The Morgan fingerprint density at radius 3 is 2.65 bits per heavy atom. The average Bonchev–Trinajstić information content (AvgIpc) is 2.57. The molecule has 1 aromatic heterocycles. The second-order valence-corrected chi connectivity index (χ2v) is 6.53. The third-order valence-electron chi connectivity index (χ3n) is 3.43. The summed E-state index contributed by atoms with van der Waals surface area (Å²) < 4.78 is 0. The molecule has 0 aliphatic rings. The van der Waals surface area contributed by atoms with Crippen LogP contribution in [0, 0.1) is 0 Å². The molecular formula is C18H23N3OS. The average molecular weight is 329 g/mol. The SMILES string of the molecule is CCSc1ccc(C(C)NC(=O)NCCc2ccccn2)cc1. The van der Waals surface area contributed by atoms with Gasteiger partial charge in [-0.1, -0.05) is 25.1 Å². The highest BCUT2D eigenvalue weighted by atomic mass is 32.2. The van der Waals surface area contributed by atoms with Crippen LogP contribution in [-0.2, 0) is 6.42 Å². The summed E-state index contributed by atoms with van der Waals surface area (Å²) in [6.45, 7) is 4.69. The second kappa shape index (κ2) is 9.20. The number of nitrogens with zero attached hydrogens (tertiary/aromatic N) is 1. The highest BCUT2D eigenvalue weighted by molar-refractivity contribution is 7.99. The number of benzene rings is 1. The van der Waals surface area contributed by atoms with E-state index in [4.69, 9.17) is 0 Å². The lowest BCUT2D eigenvalue weighted by molar-refractivity contribution is 0.238. The lowest BCUT2D eigenvalue weighted by Crippen LogP contribution is -2.38. The van der Waals surface area contributed by atoms with Crippen LogP contribution in [0.1, 0.15) is 31.1 Å². The van der Waals surface area contributed by atoms with Gasteiger partial charge in [0.25, 0.3) is 0 Å². The standard InChI is InChI=1S/C18H23N3OS/c1-3-23-17-9-7-15(8-10-17)14(2)21-18(22)20-13-11-16-6-4-5-12-19-16/h4-10,12,14H,3,11,13H2,1-2H3,(H2,20,21,22). The highest BCUT2D eigenvalue weighted by Crippen LogP contribution is 2.20. The van der Waals surface area contributed by atoms with Crippen molar-refractivity contribution in [3.63, 3.8) is 0 Å². The van der Waals surface area contributed by atoms with Crippen molar-refractivity contribution in [2.24, 2.45) is 0 Å². The Hall–Kier alpha value is -2.01. The summed E-state index contributed by atoms with van der Waals surface area (Å²) in [5.41, 5.74) is 2.08. The van der Waals surface area contributed by atoms with Crippen LogP contribution in [0.2, 0.25) is 0 Å². The van der Waals surface area contributed by atoms with Crippen molar-refractivity contribution < 1.29 is 4.79 Å². The van der Waals surface area contributed by atoms with Crippen LogP contribution in [0.5, 0.6) is 0 Å². The Bertz CT molecular complexity index is 601. The Labute approximate surface area is 142 Å². The van der Waals surface area contributed by atoms with Crippen LogP contribution in [0.4, 0.5) is 4.79 Å². The lowest BCUT2D eigenvalue weighted by Gasteiger charge is -2.15. The van der Waals surface area contributed by atoms with Crippen LogP contribution in [0.3, 0.4) is 0 Å². The third-order valence-corrected chi connectivity index (χ3v) is 4.33. The molecule has 5 heteroatoms. The van der Waals surface area contributed by atoms with Crippen molar-refractivity contribution in [3.8, 4) is 0 Å². The molecule has 0 aliphatic carbocycles. The van der Waals surface area contributed by atoms with Gasteiger partial charge in [0.1, 0.15) is 0 Å². The quantitative estimate of drug-likeness (QED) is 0.760. The molecule has 1 aromatic carbocycles. The van der Waals surface area contributed by atoms with E-state index in [0.29, 0.717) is 6.54 Å². The summed E-state index contributed by atoms with van der Waals surface area (Å²) in [6, 6.07) is 13.9. The van der Waals surface area contributed by atoms with Crippen molar-refractivity contribution in [2.45, 2.75) is 31.2 Å². The third kappa shape index (κ3) is 5.94. The first kappa shape index (κ1) is 17.3. The van der Waals surface area contributed by atoms with E-state index < -0.39 is 0 Å². The van der Waals surface area contributed by atoms with Crippen LogP contribution in [0.15, 0.2) is 53.6 Å². The van der Waals surface area contributed by atoms with Gasteiger partial charge in [0.05, 0.1) is 6.04 Å². The maximum absolute atomic E-state index is 11.9. The predicted molar refractivity (Wildman–Crippen MR) is 95.7 cm³/mol. The Balaban J connectivity index is 1.75. The van der Waals surface area contributed by atoms with Gasteiger partial charge in [0.2, 0.25) is 0 Å². The molecule has 2 rings (SSSR count). The van der Waals surface area contributed by atoms with Gasteiger partial charge in [0.15, 0.2) is 0 Å². The number of thioether (sulfide) groups is 1. The second-order valence-electron chi connectivity index (χ2n) is 5.20. The Morgan fingerprint density at radius 2 is 2.00 bits per heavy atom. The van der Waals surface area contributed by atoms with Crippen molar-refractivity contribution in [1.82, 2.24) is 15.6 Å². The molecular weight excluding hydrogens is 306 g/mol. The molecule has 23 heavy (non-hydrogen) atoms. The van der Waals surface area contributed by atoms with Gasteiger partial charge in [0, 0.05) is 29.8 Å². The smallest absolute Gasteiger partial charge is 0.315 e. The number of hydrogen-bond donors (Lipinski definition) is 2. The summed E-state index contributed by atoms with van der Waals surface area (Å²) >= 11 is 1.81. The molecule has 1 unspecified atom stereocenters. The number of hydrogen-bond acceptors (Lipinski definition) is 3. The summed E-state index contributed by atoms with van der Waals surface area (Å²) in [7, 11) is 0. The van der Waals surface area contributed by atoms with Crippen molar-refractivity contribution >= 4 is 17.8 Å². The van der Waals surface area contributed by atoms with Crippen molar-refractivity contribution in [3.05, 3.63) is 59.9 Å². The minimum absolute atomic E-state index is 0.0227. The number of amides is 2. The maximum atomic E-state index is 11.9. The summed E-state index contributed by atoms with van der Waals surface area (Å²) in [4.78, 5) is 17.4. The number of aromatic nitrogens is 1. The molecule has 1 atom stereocenters. The van der Waals surface area contributed by atoms with Gasteiger partial charge in [-0.2, -0.15) is 0 Å². The molecule has 0 saturated carbocycles. The number of nitrogens with one attached hydrogen (secondary N) is 2. The first-order valence-electron chi connectivity index (χ1n) is 7.86. The van der Waals surface area contributed by atoms with Gasteiger partial charge in [-0.25, -0.2) is 4.79 Å². The van der Waals surface area contributed by atoms with Crippen molar-refractivity contribution in [2.75, 3.05) is 12.3 Å². The Kier molecular flexibility index (Phi) is 6.94. The number of carbonyl (C=O) groups excluding carboxylic acids is 1. The van der Waals surface area contributed by atoms with E-state index >= 15 is 0 Å². The first-order chi connectivity index (χ1) is 11.2. The van der Waals surface area contributed by atoms with E-state index in [9.17, 15) is 4.79 Å². The summed E-state index contributed by atoms with van der Waals surface area (Å²) in [6.07, 6.45) is 2.49. The van der Waals surface area contributed by atoms with Crippen LogP contribution in [0.25, 0.3) is 0 Å². The fourth-order valence-electron chi connectivity index (χ4n) is 2.20. The van der Waals surface area contributed by atoms with Gasteiger partial charge < -0.3 is 10.6 Å². The topological polar surface area (TPSA) is 54.0 Å². The molecule has 0 spiro atoms. The van der Waals surface area contributed by atoms with Crippen LogP contribution < -0.4 is 10.6 Å². The molecule has 0 radical (unpaired) electrons. The molecule has 4 nitrogen and oxygen atoms in total. The van der Waals surface area contributed by atoms with E-state index in [0.717, 1.165) is 23.4 Å². The monoisotopic (exact) mass is 329 g/mol. The van der Waals surface area contributed by atoms with Crippen LogP contribution in [-0.4, -0.2) is 23.3 Å². The molecule has 2 aromatic rings. The van der Waals surface area contributed by atoms with E-state index in [1.807, 2.05) is 36.9 Å². The zero-order chi connectivity index (χ0) is 16.5. The first-order valence-corrected chi connectivity index (χ1v) is 8.84. The molecule has 0 fully saturated rings. The van der Waals surface area contributed by atoms with Crippen LogP contribution >= 0.6 is 11.8 Å². The summed E-state index contributed by atoms with van der Waals surface area (Å²) in [5.74, 6) is 1.06. The zero-order valence-corrected chi connectivity index (χ0v) is 14.4. The van der Waals surface area contributed by atoms with Gasteiger partial charge in [-0.05, 0) is 42.5 Å². The molecule has 2 amide bonds. The molecule has 122 valence electrons. The Morgan fingerprint density at radius 1 is 1.22 bits per heavy atom. The van der Waals surface area contributed by atoms with E-state index in [1.54, 1.807) is 6.20 Å². The predicted octanol–water partition coefficient (Wildman–Crippen LogP) is 3.80.